The molecule has 1 saturated heterocycles. The van der Waals surface area contributed by atoms with Crippen molar-refractivity contribution in [1.82, 2.24) is 0 Å². The van der Waals surface area contributed by atoms with Crippen LogP contribution in [-0.4, -0.2) is 27.2 Å². The summed E-state index contributed by atoms with van der Waals surface area (Å²) in [5.74, 6) is 0. The van der Waals surface area contributed by atoms with Gasteiger partial charge in [-0.15, -0.1) is 0 Å². The minimum absolute atomic E-state index is 0.127. The van der Waals surface area contributed by atoms with Gasteiger partial charge in [0.25, 0.3) is 0 Å². The number of anilines is 1. The van der Waals surface area contributed by atoms with Crippen LogP contribution in [0, 0.1) is 6.92 Å². The predicted molar refractivity (Wildman–Crippen MR) is 70.0 cm³/mol. The molecule has 1 aromatic carbocycles. The lowest BCUT2D eigenvalue weighted by Gasteiger charge is -2.19. The van der Waals surface area contributed by atoms with Crippen LogP contribution in [0.5, 0.6) is 0 Å². The second-order valence-electron chi connectivity index (χ2n) is 4.64. The minimum atomic E-state index is -3.66. The molecule has 18 heavy (non-hydrogen) atoms. The van der Waals surface area contributed by atoms with Crippen LogP contribution < -0.4 is 10.5 Å². The zero-order chi connectivity index (χ0) is 13.3. The maximum absolute atomic E-state index is 11.3. The highest BCUT2D eigenvalue weighted by molar-refractivity contribution is 7.89. The van der Waals surface area contributed by atoms with Crippen LogP contribution in [0.2, 0.25) is 0 Å². The zero-order valence-electron chi connectivity index (χ0n) is 10.5. The van der Waals surface area contributed by atoms with E-state index in [2.05, 4.69) is 5.32 Å². The lowest BCUT2D eigenvalue weighted by atomic mass is 10.1. The van der Waals surface area contributed by atoms with Crippen molar-refractivity contribution in [2.24, 2.45) is 5.14 Å². The van der Waals surface area contributed by atoms with Crippen molar-refractivity contribution in [3.8, 4) is 0 Å². The third-order valence-electron chi connectivity index (χ3n) is 3.25. The first-order valence-electron chi connectivity index (χ1n) is 5.89. The van der Waals surface area contributed by atoms with E-state index in [-0.39, 0.29) is 17.0 Å². The molecule has 0 saturated carbocycles. The van der Waals surface area contributed by atoms with Crippen LogP contribution in [0.25, 0.3) is 0 Å². The molecule has 2 atom stereocenters. The summed E-state index contributed by atoms with van der Waals surface area (Å²) >= 11 is 0. The molecule has 100 valence electrons. The third kappa shape index (κ3) is 2.82. The third-order valence-corrected chi connectivity index (χ3v) is 4.17. The van der Waals surface area contributed by atoms with Crippen molar-refractivity contribution < 1.29 is 13.2 Å². The van der Waals surface area contributed by atoms with Gasteiger partial charge in [-0.25, -0.2) is 13.6 Å². The molecule has 0 amide bonds. The Hall–Kier alpha value is -1.11. The van der Waals surface area contributed by atoms with Crippen LogP contribution in [0.1, 0.15) is 18.9 Å². The van der Waals surface area contributed by atoms with Crippen LogP contribution >= 0.6 is 0 Å². The number of aryl methyl sites for hydroxylation is 1. The summed E-state index contributed by atoms with van der Waals surface area (Å²) < 4.78 is 28.1. The number of nitrogens with two attached hydrogens (primary N) is 1. The number of rotatable bonds is 3. The van der Waals surface area contributed by atoms with Gasteiger partial charge in [0, 0.05) is 12.3 Å². The molecular formula is C12H18N2O3S. The Kier molecular flexibility index (Phi) is 3.61. The number of ether oxygens (including phenoxy) is 1. The average Bonchev–Trinajstić information content (AvgIpc) is 2.66. The quantitative estimate of drug-likeness (QED) is 0.865. The fourth-order valence-corrected chi connectivity index (χ4v) is 2.59. The maximum atomic E-state index is 11.3. The first-order chi connectivity index (χ1) is 8.38. The van der Waals surface area contributed by atoms with Gasteiger partial charge in [-0.2, -0.15) is 0 Å². The van der Waals surface area contributed by atoms with Crippen LogP contribution in [-0.2, 0) is 14.8 Å². The summed E-state index contributed by atoms with van der Waals surface area (Å²) in [6.45, 7) is 4.66. The topological polar surface area (TPSA) is 81.4 Å². The van der Waals surface area contributed by atoms with E-state index >= 15 is 0 Å². The molecule has 1 fully saturated rings. The standard InChI is InChI=1S/C12H18N2O3S/c1-8-3-4-10(18(13,15)16)7-12(8)14-11-5-6-17-9(11)2/h3-4,7,9,11,14H,5-6H2,1-2H3,(H2,13,15,16). The number of primary sulfonamides is 1. The number of nitrogens with one attached hydrogen (secondary N) is 1. The van der Waals surface area contributed by atoms with E-state index < -0.39 is 10.0 Å². The van der Waals surface area contributed by atoms with Gasteiger partial charge in [0.1, 0.15) is 0 Å². The first-order valence-corrected chi connectivity index (χ1v) is 7.44. The van der Waals surface area contributed by atoms with Gasteiger partial charge in [0.15, 0.2) is 0 Å². The Morgan fingerprint density at radius 2 is 2.17 bits per heavy atom. The van der Waals surface area contributed by atoms with Gasteiger partial charge < -0.3 is 10.1 Å². The van der Waals surface area contributed by atoms with E-state index in [4.69, 9.17) is 9.88 Å². The van der Waals surface area contributed by atoms with Crippen LogP contribution in [0.3, 0.4) is 0 Å². The van der Waals surface area contributed by atoms with Gasteiger partial charge in [-0.3, -0.25) is 0 Å². The maximum Gasteiger partial charge on any atom is 0.238 e. The van der Waals surface area contributed by atoms with Gasteiger partial charge in [0.05, 0.1) is 17.0 Å². The lowest BCUT2D eigenvalue weighted by Crippen LogP contribution is -2.27. The van der Waals surface area contributed by atoms with Crippen molar-refractivity contribution in [1.29, 1.82) is 0 Å². The van der Waals surface area contributed by atoms with Crippen LogP contribution in [0.15, 0.2) is 23.1 Å². The molecule has 1 aromatic rings. The van der Waals surface area contributed by atoms with Crippen molar-refractivity contribution in [2.45, 2.75) is 37.3 Å². The van der Waals surface area contributed by atoms with E-state index in [1.54, 1.807) is 12.1 Å². The zero-order valence-corrected chi connectivity index (χ0v) is 11.3. The van der Waals surface area contributed by atoms with E-state index in [9.17, 15) is 8.42 Å². The molecule has 1 aliphatic heterocycles. The molecule has 1 heterocycles. The summed E-state index contributed by atoms with van der Waals surface area (Å²) in [6.07, 6.45) is 1.04. The van der Waals surface area contributed by atoms with Gasteiger partial charge in [0.2, 0.25) is 10.0 Å². The second kappa shape index (κ2) is 4.87. The van der Waals surface area contributed by atoms with Crippen LogP contribution in [0.4, 0.5) is 5.69 Å². The Morgan fingerprint density at radius 3 is 2.72 bits per heavy atom. The summed E-state index contributed by atoms with van der Waals surface area (Å²) in [5, 5.41) is 8.46. The monoisotopic (exact) mass is 270 g/mol. The smallest absolute Gasteiger partial charge is 0.238 e. The molecule has 0 bridgehead atoms. The summed E-state index contributed by atoms with van der Waals surface area (Å²) in [4.78, 5) is 0.127. The Balaban J connectivity index is 2.27. The largest absolute Gasteiger partial charge is 0.379 e. The molecule has 3 N–H and O–H groups in total. The van der Waals surface area contributed by atoms with Crippen molar-refractivity contribution >= 4 is 15.7 Å². The normalized spacial score (nSPS) is 24.2. The fourth-order valence-electron chi connectivity index (χ4n) is 2.05. The number of hydrogen-bond donors (Lipinski definition) is 2. The highest BCUT2D eigenvalue weighted by Gasteiger charge is 2.24. The lowest BCUT2D eigenvalue weighted by molar-refractivity contribution is 0.121. The van der Waals surface area contributed by atoms with E-state index in [1.165, 1.54) is 6.07 Å². The summed E-state index contributed by atoms with van der Waals surface area (Å²) in [6, 6.07) is 5.06. The van der Waals surface area contributed by atoms with Crippen molar-refractivity contribution in [2.75, 3.05) is 11.9 Å². The van der Waals surface area contributed by atoms with E-state index in [1.807, 2.05) is 13.8 Å². The highest BCUT2D eigenvalue weighted by Crippen LogP contribution is 2.24. The Labute approximate surface area is 107 Å². The molecule has 2 rings (SSSR count). The number of hydrogen-bond acceptors (Lipinski definition) is 4. The van der Waals surface area contributed by atoms with Gasteiger partial charge in [-0.05, 0) is 38.0 Å². The molecule has 2 unspecified atom stereocenters. The van der Waals surface area contributed by atoms with Crippen molar-refractivity contribution in [3.63, 3.8) is 0 Å². The first kappa shape index (κ1) is 13.3. The summed E-state index contributed by atoms with van der Waals surface area (Å²) in [7, 11) is -3.66. The molecule has 1 aliphatic rings. The van der Waals surface area contributed by atoms with E-state index in [0.29, 0.717) is 0 Å². The molecule has 5 nitrogen and oxygen atoms in total. The molecule has 0 radical (unpaired) electrons. The number of benzene rings is 1. The SMILES string of the molecule is Cc1ccc(S(N)(=O)=O)cc1NC1CCOC1C. The van der Waals surface area contributed by atoms with Gasteiger partial charge in [-0.1, -0.05) is 6.07 Å². The molecule has 0 spiro atoms. The molecule has 6 heteroatoms. The summed E-state index contributed by atoms with van der Waals surface area (Å²) in [5.41, 5.74) is 1.78. The molecular weight excluding hydrogens is 252 g/mol. The highest BCUT2D eigenvalue weighted by atomic mass is 32.2. The Morgan fingerprint density at radius 1 is 1.44 bits per heavy atom. The Bertz CT molecular complexity index is 542. The minimum Gasteiger partial charge on any atom is -0.379 e. The van der Waals surface area contributed by atoms with Crippen molar-refractivity contribution in [3.05, 3.63) is 23.8 Å². The second-order valence-corrected chi connectivity index (χ2v) is 6.20. The van der Waals surface area contributed by atoms with Gasteiger partial charge >= 0.3 is 0 Å². The molecule has 0 aliphatic carbocycles. The number of sulfonamides is 1. The average molecular weight is 270 g/mol. The van der Waals surface area contributed by atoms with E-state index in [0.717, 1.165) is 24.3 Å². The predicted octanol–water partition coefficient (Wildman–Crippen LogP) is 1.23. The fraction of sp³-hybridized carbons (Fsp3) is 0.500. The molecule has 0 aromatic heterocycles.